The van der Waals surface area contributed by atoms with Crippen molar-refractivity contribution >= 4 is 11.9 Å². The van der Waals surface area contributed by atoms with E-state index in [-0.39, 0.29) is 12.0 Å². The summed E-state index contributed by atoms with van der Waals surface area (Å²) in [4.78, 5) is 23.5. The van der Waals surface area contributed by atoms with E-state index in [2.05, 4.69) is 10.1 Å². The van der Waals surface area contributed by atoms with Crippen LogP contribution in [-0.4, -0.2) is 25.0 Å². The molecule has 0 spiro atoms. The van der Waals surface area contributed by atoms with Crippen molar-refractivity contribution in [2.24, 2.45) is 0 Å². The van der Waals surface area contributed by atoms with Crippen LogP contribution in [0.5, 0.6) is 0 Å². The molecule has 1 N–H and O–H groups in total. The predicted molar refractivity (Wildman–Crippen MR) is 69.1 cm³/mol. The van der Waals surface area contributed by atoms with Gasteiger partial charge in [-0.15, -0.1) is 0 Å². The van der Waals surface area contributed by atoms with Gasteiger partial charge in [-0.2, -0.15) is 5.26 Å². The molecule has 0 unspecified atom stereocenters. The lowest BCUT2D eigenvalue weighted by Crippen LogP contribution is -2.41. The van der Waals surface area contributed by atoms with E-state index in [1.165, 1.54) is 25.3 Å². The second-order valence-corrected chi connectivity index (χ2v) is 4.11. The van der Waals surface area contributed by atoms with Crippen molar-refractivity contribution in [3.05, 3.63) is 35.6 Å². The highest BCUT2D eigenvalue weighted by Crippen LogP contribution is 2.07. The van der Waals surface area contributed by atoms with Gasteiger partial charge in [0.1, 0.15) is 11.9 Å². The zero-order chi connectivity index (χ0) is 15.0. The fourth-order valence-corrected chi connectivity index (χ4v) is 1.65. The Morgan fingerprint density at radius 1 is 1.50 bits per heavy atom. The smallest absolute Gasteiger partial charge is 0.328 e. The number of esters is 1. The molecule has 5 nitrogen and oxygen atoms in total. The van der Waals surface area contributed by atoms with Crippen molar-refractivity contribution in [3.63, 3.8) is 0 Å². The number of nitrogens with zero attached hydrogens (tertiary/aromatic N) is 1. The summed E-state index contributed by atoms with van der Waals surface area (Å²) in [5.74, 6) is -1.68. The molecule has 6 heteroatoms. The summed E-state index contributed by atoms with van der Waals surface area (Å²) < 4.78 is 17.6. The van der Waals surface area contributed by atoms with Crippen LogP contribution in [0.1, 0.15) is 29.6 Å². The standard InChI is InChI=1S/C14H15FN2O3/c1-20-14(19)12(7-2-3-8-16)17-13(18)10-5-4-6-11(15)9-10/h4-6,9,12H,2-3,7H2,1H3,(H,17,18)/t12-/m1/s1. The Bertz CT molecular complexity index is 525. The number of methoxy groups -OCH3 is 1. The van der Waals surface area contributed by atoms with Crippen LogP contribution in [0.4, 0.5) is 4.39 Å². The molecule has 0 radical (unpaired) electrons. The molecule has 1 rings (SSSR count). The Hall–Kier alpha value is -2.42. The first kappa shape index (κ1) is 15.6. The molecule has 0 fully saturated rings. The lowest BCUT2D eigenvalue weighted by atomic mass is 10.1. The summed E-state index contributed by atoms with van der Waals surface area (Å²) in [6.45, 7) is 0. The van der Waals surface area contributed by atoms with Gasteiger partial charge in [0, 0.05) is 12.0 Å². The number of halogens is 1. The summed E-state index contributed by atoms with van der Waals surface area (Å²) >= 11 is 0. The van der Waals surface area contributed by atoms with Gasteiger partial charge < -0.3 is 10.1 Å². The molecule has 0 aliphatic heterocycles. The Balaban J connectivity index is 2.71. The van der Waals surface area contributed by atoms with Gasteiger partial charge in [0.25, 0.3) is 5.91 Å². The molecular weight excluding hydrogens is 263 g/mol. The first-order valence-corrected chi connectivity index (χ1v) is 6.09. The zero-order valence-corrected chi connectivity index (χ0v) is 11.1. The fourth-order valence-electron chi connectivity index (χ4n) is 1.65. The maximum absolute atomic E-state index is 13.0. The number of unbranched alkanes of at least 4 members (excludes halogenated alkanes) is 1. The van der Waals surface area contributed by atoms with Crippen LogP contribution in [0.2, 0.25) is 0 Å². The average molecular weight is 278 g/mol. The monoisotopic (exact) mass is 278 g/mol. The van der Waals surface area contributed by atoms with Crippen LogP contribution in [0.15, 0.2) is 24.3 Å². The van der Waals surface area contributed by atoms with Crippen molar-refractivity contribution in [2.45, 2.75) is 25.3 Å². The minimum absolute atomic E-state index is 0.124. The lowest BCUT2D eigenvalue weighted by molar-refractivity contribution is -0.143. The van der Waals surface area contributed by atoms with Crippen LogP contribution >= 0.6 is 0 Å². The molecule has 0 aliphatic carbocycles. The number of benzene rings is 1. The first-order valence-electron chi connectivity index (χ1n) is 6.09. The van der Waals surface area contributed by atoms with Crippen LogP contribution < -0.4 is 5.32 Å². The molecule has 0 saturated carbocycles. The number of carbonyl (C=O) groups excluding carboxylic acids is 2. The van der Waals surface area contributed by atoms with Gasteiger partial charge in [-0.1, -0.05) is 6.07 Å². The van der Waals surface area contributed by atoms with E-state index in [1.54, 1.807) is 0 Å². The van der Waals surface area contributed by atoms with Crippen molar-refractivity contribution in [3.8, 4) is 6.07 Å². The maximum Gasteiger partial charge on any atom is 0.328 e. The van der Waals surface area contributed by atoms with Gasteiger partial charge in [0.2, 0.25) is 0 Å². The summed E-state index contributed by atoms with van der Waals surface area (Å²) in [5, 5.41) is 11.0. The molecule has 0 saturated heterocycles. The van der Waals surface area contributed by atoms with Gasteiger partial charge in [0.05, 0.1) is 13.2 Å². The molecule has 106 valence electrons. The molecule has 0 heterocycles. The van der Waals surface area contributed by atoms with Crippen molar-refractivity contribution in [1.29, 1.82) is 5.26 Å². The number of carbonyl (C=O) groups is 2. The highest BCUT2D eigenvalue weighted by atomic mass is 19.1. The molecule has 0 bridgehead atoms. The molecular formula is C14H15FN2O3. The van der Waals surface area contributed by atoms with E-state index in [0.717, 1.165) is 6.07 Å². The third-order valence-electron chi connectivity index (χ3n) is 2.66. The number of rotatable bonds is 6. The van der Waals surface area contributed by atoms with Gasteiger partial charge in [-0.05, 0) is 31.0 Å². The van der Waals surface area contributed by atoms with Crippen LogP contribution in [-0.2, 0) is 9.53 Å². The summed E-state index contributed by atoms with van der Waals surface area (Å²) in [6.07, 6.45) is 1.03. The van der Waals surface area contributed by atoms with Gasteiger partial charge in [-0.3, -0.25) is 4.79 Å². The van der Waals surface area contributed by atoms with E-state index in [0.29, 0.717) is 12.8 Å². The minimum atomic E-state index is -0.843. The topological polar surface area (TPSA) is 79.2 Å². The second kappa shape index (κ2) is 7.89. The lowest BCUT2D eigenvalue weighted by Gasteiger charge is -2.15. The third-order valence-corrected chi connectivity index (χ3v) is 2.66. The van der Waals surface area contributed by atoms with E-state index in [4.69, 9.17) is 5.26 Å². The first-order chi connectivity index (χ1) is 9.58. The SMILES string of the molecule is COC(=O)[C@@H](CCCC#N)NC(=O)c1cccc(F)c1. The quantitative estimate of drug-likeness (QED) is 0.635. The number of nitriles is 1. The third kappa shape index (κ3) is 4.69. The number of ether oxygens (including phenoxy) is 1. The number of nitrogens with one attached hydrogen (secondary N) is 1. The number of hydrogen-bond donors (Lipinski definition) is 1. The largest absolute Gasteiger partial charge is 0.467 e. The number of amides is 1. The molecule has 1 aromatic carbocycles. The maximum atomic E-state index is 13.0. The summed E-state index contributed by atoms with van der Waals surface area (Å²) in [7, 11) is 1.22. The van der Waals surface area contributed by atoms with E-state index >= 15 is 0 Å². The molecule has 1 atom stereocenters. The van der Waals surface area contributed by atoms with Crippen LogP contribution in [0.25, 0.3) is 0 Å². The van der Waals surface area contributed by atoms with Crippen LogP contribution in [0.3, 0.4) is 0 Å². The molecule has 1 aromatic rings. The molecule has 20 heavy (non-hydrogen) atoms. The Labute approximate surface area is 116 Å². The average Bonchev–Trinajstić information content (AvgIpc) is 2.45. The van der Waals surface area contributed by atoms with Crippen molar-refractivity contribution in [2.75, 3.05) is 7.11 Å². The Morgan fingerprint density at radius 2 is 2.25 bits per heavy atom. The second-order valence-electron chi connectivity index (χ2n) is 4.11. The highest BCUT2D eigenvalue weighted by molar-refractivity contribution is 5.96. The van der Waals surface area contributed by atoms with E-state index in [1.807, 2.05) is 6.07 Å². The number of hydrogen-bond acceptors (Lipinski definition) is 4. The van der Waals surface area contributed by atoms with Gasteiger partial charge in [-0.25, -0.2) is 9.18 Å². The normalized spacial score (nSPS) is 11.2. The molecule has 0 aliphatic rings. The predicted octanol–water partition coefficient (Wildman–Crippen LogP) is 1.79. The van der Waals surface area contributed by atoms with Crippen molar-refractivity contribution in [1.82, 2.24) is 5.32 Å². The van der Waals surface area contributed by atoms with Crippen LogP contribution in [0, 0.1) is 17.1 Å². The zero-order valence-electron chi connectivity index (χ0n) is 11.1. The minimum Gasteiger partial charge on any atom is -0.467 e. The summed E-state index contributed by atoms with van der Waals surface area (Å²) in [6, 6.07) is 6.28. The molecule has 0 aromatic heterocycles. The van der Waals surface area contributed by atoms with Crippen molar-refractivity contribution < 1.29 is 18.7 Å². The summed E-state index contributed by atoms with van der Waals surface area (Å²) in [5.41, 5.74) is 0.124. The highest BCUT2D eigenvalue weighted by Gasteiger charge is 2.21. The Morgan fingerprint density at radius 3 is 2.85 bits per heavy atom. The van der Waals surface area contributed by atoms with Gasteiger partial charge >= 0.3 is 5.97 Å². The molecule has 1 amide bonds. The Kier molecular flexibility index (Phi) is 6.17. The van der Waals surface area contributed by atoms with E-state index < -0.39 is 23.7 Å². The van der Waals surface area contributed by atoms with Gasteiger partial charge in [0.15, 0.2) is 0 Å². The fraction of sp³-hybridized carbons (Fsp3) is 0.357. The van der Waals surface area contributed by atoms with E-state index in [9.17, 15) is 14.0 Å².